The van der Waals surface area contributed by atoms with Crippen LogP contribution in [0, 0.1) is 0 Å². The van der Waals surface area contributed by atoms with E-state index >= 15 is 0 Å². The summed E-state index contributed by atoms with van der Waals surface area (Å²) in [6, 6.07) is 55.0. The lowest BCUT2D eigenvalue weighted by Crippen LogP contribution is -2.15. The molecule has 0 saturated carbocycles. The molecule has 8 aromatic carbocycles. The maximum absolute atomic E-state index is 5.43. The molecule has 3 heteroatoms. The van der Waals surface area contributed by atoms with E-state index in [0.29, 0.717) is 5.95 Å². The van der Waals surface area contributed by atoms with Crippen LogP contribution in [-0.2, 0) is 5.41 Å². The molecular weight excluding hydrogens is 607 g/mol. The lowest BCUT2D eigenvalue weighted by Gasteiger charge is -2.21. The van der Waals surface area contributed by atoms with Gasteiger partial charge in [-0.2, -0.15) is 0 Å². The Balaban J connectivity index is 1.37. The zero-order chi connectivity index (χ0) is 33.1. The lowest BCUT2D eigenvalue weighted by molar-refractivity contribution is 0.661. The zero-order valence-corrected chi connectivity index (χ0v) is 27.8. The second kappa shape index (κ2) is 9.87. The van der Waals surface area contributed by atoms with Gasteiger partial charge in [-0.15, -0.1) is 0 Å². The molecule has 0 fully saturated rings. The fourth-order valence-corrected chi connectivity index (χ4v) is 8.89. The van der Waals surface area contributed by atoms with Gasteiger partial charge in [0, 0.05) is 32.5 Å². The monoisotopic (exact) mass is 637 g/mol. The molecule has 2 aromatic heterocycles. The third kappa shape index (κ3) is 3.59. The van der Waals surface area contributed by atoms with Crippen LogP contribution in [0.4, 0.5) is 0 Å². The van der Waals surface area contributed by atoms with E-state index in [9.17, 15) is 0 Å². The second-order valence-electron chi connectivity index (χ2n) is 14.1. The van der Waals surface area contributed by atoms with Crippen molar-refractivity contribution in [1.82, 2.24) is 14.5 Å². The molecule has 0 bridgehead atoms. The van der Waals surface area contributed by atoms with Crippen molar-refractivity contribution in [2.45, 2.75) is 19.3 Å². The Kier molecular flexibility index (Phi) is 5.45. The van der Waals surface area contributed by atoms with E-state index in [2.05, 4.69) is 170 Å². The van der Waals surface area contributed by atoms with Crippen LogP contribution < -0.4 is 0 Å². The summed E-state index contributed by atoms with van der Waals surface area (Å²) in [5.41, 5.74) is 10.4. The number of hydrogen-bond donors (Lipinski definition) is 0. The molecule has 1 aliphatic carbocycles. The molecule has 0 radical (unpaired) electrons. The number of hydrogen-bond acceptors (Lipinski definition) is 2. The highest BCUT2D eigenvalue weighted by molar-refractivity contribution is 6.35. The van der Waals surface area contributed by atoms with Gasteiger partial charge in [0.15, 0.2) is 0 Å². The number of rotatable bonds is 2. The van der Waals surface area contributed by atoms with Crippen LogP contribution in [0.5, 0.6) is 0 Å². The van der Waals surface area contributed by atoms with Crippen LogP contribution >= 0.6 is 0 Å². The first-order chi connectivity index (χ1) is 24.6. The normalized spacial score (nSPS) is 13.6. The van der Waals surface area contributed by atoms with Crippen molar-refractivity contribution >= 4 is 65.0 Å². The fraction of sp³-hybridized carbons (Fsp3) is 0.0638. The SMILES string of the molecule is CC1(C)c2ccccc2-c2cc3c4c5c6ccccc6c6ccccc6c5ccc4n(-c4nc(-c5ccccc5)c5ccccc5n4)c3cc21. The summed E-state index contributed by atoms with van der Waals surface area (Å²) in [7, 11) is 0. The van der Waals surface area contributed by atoms with Crippen LogP contribution in [-0.4, -0.2) is 14.5 Å². The first kappa shape index (κ1) is 27.6. The number of benzene rings is 8. The lowest BCUT2D eigenvalue weighted by atomic mass is 9.82. The molecule has 50 heavy (non-hydrogen) atoms. The van der Waals surface area contributed by atoms with Crippen molar-refractivity contribution in [3.63, 3.8) is 0 Å². The first-order valence-corrected chi connectivity index (χ1v) is 17.4. The number of aromatic nitrogens is 3. The molecule has 0 unspecified atom stereocenters. The largest absolute Gasteiger partial charge is 0.278 e. The van der Waals surface area contributed by atoms with Gasteiger partial charge in [-0.05, 0) is 73.5 Å². The van der Waals surface area contributed by atoms with Gasteiger partial charge in [-0.25, -0.2) is 9.97 Å². The van der Waals surface area contributed by atoms with Gasteiger partial charge in [0.2, 0.25) is 5.95 Å². The predicted octanol–water partition coefficient (Wildman–Crippen LogP) is 12.2. The molecule has 0 saturated heterocycles. The Bertz CT molecular complexity index is 3020. The maximum Gasteiger partial charge on any atom is 0.235 e. The number of para-hydroxylation sites is 1. The molecule has 234 valence electrons. The van der Waals surface area contributed by atoms with E-state index < -0.39 is 0 Å². The Morgan fingerprint density at radius 2 is 1.06 bits per heavy atom. The van der Waals surface area contributed by atoms with E-state index in [1.54, 1.807) is 0 Å². The molecule has 0 amide bonds. The minimum absolute atomic E-state index is 0.147. The number of nitrogens with zero attached hydrogens (tertiary/aromatic N) is 3. The van der Waals surface area contributed by atoms with Gasteiger partial charge in [0.05, 0.1) is 22.2 Å². The van der Waals surface area contributed by atoms with Crippen LogP contribution in [0.1, 0.15) is 25.0 Å². The van der Waals surface area contributed by atoms with E-state index in [-0.39, 0.29) is 5.41 Å². The highest BCUT2D eigenvalue weighted by atomic mass is 15.2. The highest BCUT2D eigenvalue weighted by Gasteiger charge is 2.36. The Morgan fingerprint density at radius 1 is 0.440 bits per heavy atom. The summed E-state index contributed by atoms with van der Waals surface area (Å²) in [4.78, 5) is 10.7. The average Bonchev–Trinajstić information content (AvgIpc) is 3.61. The van der Waals surface area contributed by atoms with Crippen LogP contribution in [0.25, 0.3) is 93.4 Å². The van der Waals surface area contributed by atoms with Crippen molar-refractivity contribution in [2.75, 3.05) is 0 Å². The van der Waals surface area contributed by atoms with Gasteiger partial charge in [-0.3, -0.25) is 4.57 Å². The molecule has 0 spiro atoms. The first-order valence-electron chi connectivity index (χ1n) is 17.4. The van der Waals surface area contributed by atoms with Crippen molar-refractivity contribution in [3.05, 3.63) is 163 Å². The summed E-state index contributed by atoms with van der Waals surface area (Å²) in [5, 5.41) is 11.1. The van der Waals surface area contributed by atoms with E-state index in [1.807, 2.05) is 0 Å². The van der Waals surface area contributed by atoms with Crippen LogP contribution in [0.2, 0.25) is 0 Å². The average molecular weight is 638 g/mol. The molecule has 0 N–H and O–H groups in total. The Labute approximate surface area is 289 Å². The van der Waals surface area contributed by atoms with Crippen molar-refractivity contribution < 1.29 is 0 Å². The molecule has 0 atom stereocenters. The standard InChI is InChI=1S/C47H31N3/c1-47(2)38-22-12-10-19-32(38)36-26-37-42(27-39(36)47)50(46-48-40-23-13-11-21-35(40)45(49-46)28-14-4-3-5-15-28)41-25-24-34-31-18-7-6-16-29(31)30-17-8-9-20-33(30)43(34)44(37)41/h3-27H,1-2H3. The molecule has 2 heterocycles. The van der Waals surface area contributed by atoms with Gasteiger partial charge in [0.25, 0.3) is 0 Å². The summed E-state index contributed by atoms with van der Waals surface area (Å²) in [6.45, 7) is 4.71. The topological polar surface area (TPSA) is 30.7 Å². The van der Waals surface area contributed by atoms with Gasteiger partial charge in [0.1, 0.15) is 0 Å². The minimum Gasteiger partial charge on any atom is -0.278 e. The fourth-order valence-electron chi connectivity index (χ4n) is 8.89. The second-order valence-corrected chi connectivity index (χ2v) is 14.1. The van der Waals surface area contributed by atoms with E-state index in [1.165, 1.54) is 65.3 Å². The van der Waals surface area contributed by atoms with Gasteiger partial charge in [-0.1, -0.05) is 141 Å². The van der Waals surface area contributed by atoms with Crippen molar-refractivity contribution in [1.29, 1.82) is 0 Å². The smallest absolute Gasteiger partial charge is 0.235 e. The summed E-state index contributed by atoms with van der Waals surface area (Å²) >= 11 is 0. The van der Waals surface area contributed by atoms with Crippen LogP contribution in [0.15, 0.2) is 152 Å². The molecule has 10 aromatic rings. The van der Waals surface area contributed by atoms with Crippen molar-refractivity contribution in [3.8, 4) is 28.3 Å². The van der Waals surface area contributed by atoms with Crippen LogP contribution in [0.3, 0.4) is 0 Å². The summed E-state index contributed by atoms with van der Waals surface area (Å²) in [5.74, 6) is 0.681. The molecule has 3 nitrogen and oxygen atoms in total. The summed E-state index contributed by atoms with van der Waals surface area (Å²) < 4.78 is 2.33. The molecule has 0 aliphatic heterocycles. The predicted molar refractivity (Wildman–Crippen MR) is 209 cm³/mol. The highest BCUT2D eigenvalue weighted by Crippen LogP contribution is 2.52. The van der Waals surface area contributed by atoms with Crippen molar-refractivity contribution in [2.24, 2.45) is 0 Å². The molecule has 11 rings (SSSR count). The minimum atomic E-state index is -0.147. The molecule has 1 aliphatic rings. The Morgan fingerprint density at radius 3 is 1.84 bits per heavy atom. The zero-order valence-electron chi connectivity index (χ0n) is 27.8. The number of fused-ring (bicyclic) bond motifs is 14. The third-order valence-corrected chi connectivity index (χ3v) is 11.2. The molecular formula is C47H31N3. The van der Waals surface area contributed by atoms with E-state index in [0.717, 1.165) is 33.2 Å². The maximum atomic E-state index is 5.43. The van der Waals surface area contributed by atoms with Gasteiger partial charge < -0.3 is 0 Å². The van der Waals surface area contributed by atoms with Gasteiger partial charge >= 0.3 is 0 Å². The van der Waals surface area contributed by atoms with E-state index in [4.69, 9.17) is 9.97 Å². The summed E-state index contributed by atoms with van der Waals surface area (Å²) in [6.07, 6.45) is 0. The third-order valence-electron chi connectivity index (χ3n) is 11.2. The quantitative estimate of drug-likeness (QED) is 0.177. The Hall–Kier alpha value is -6.32.